The lowest BCUT2D eigenvalue weighted by molar-refractivity contribution is 0.0520. The number of halogens is 3. The van der Waals surface area contributed by atoms with E-state index < -0.39 is 5.97 Å². The zero-order valence-corrected chi connectivity index (χ0v) is 15.8. The smallest absolute Gasteiger partial charge is 0.356 e. The van der Waals surface area contributed by atoms with Crippen LogP contribution in [-0.4, -0.2) is 22.5 Å². The fraction of sp³-hybridized carbons (Fsp3) is 0.143. The number of fused-ring (bicyclic) bond motifs is 3. The molecular formula is C14H11Br3N2O2. The second kappa shape index (κ2) is 6.46. The van der Waals surface area contributed by atoms with Gasteiger partial charge in [0.25, 0.3) is 0 Å². The summed E-state index contributed by atoms with van der Waals surface area (Å²) in [4.78, 5) is 19.2. The quantitative estimate of drug-likeness (QED) is 0.527. The van der Waals surface area contributed by atoms with Gasteiger partial charge in [0.1, 0.15) is 5.69 Å². The van der Waals surface area contributed by atoms with Gasteiger partial charge >= 0.3 is 5.97 Å². The average Bonchev–Trinajstić information content (AvgIpc) is 2.77. The number of pyridine rings is 1. The van der Waals surface area contributed by atoms with E-state index in [1.54, 1.807) is 19.2 Å². The molecule has 0 bridgehead atoms. The van der Waals surface area contributed by atoms with Gasteiger partial charge in [-0.25, -0.2) is 9.78 Å². The highest BCUT2D eigenvalue weighted by Gasteiger charge is 2.13. The standard InChI is InChI=1S/C14H10Br2N2O2.BrH/c1-2-20-14(19)11-5-8-9-3-7(15)4-10(16)13(9)18-12(8)6-17-11;/h3-6,18H,2H2,1H3;1H. The van der Waals surface area contributed by atoms with Crippen molar-refractivity contribution in [3.05, 3.63) is 39.0 Å². The van der Waals surface area contributed by atoms with E-state index in [4.69, 9.17) is 4.74 Å². The maximum Gasteiger partial charge on any atom is 0.356 e. The zero-order valence-electron chi connectivity index (χ0n) is 10.9. The van der Waals surface area contributed by atoms with Crippen molar-refractivity contribution in [2.75, 3.05) is 6.61 Å². The third-order valence-electron chi connectivity index (χ3n) is 2.99. The minimum atomic E-state index is -0.405. The normalized spacial score (nSPS) is 10.6. The first kappa shape index (κ1) is 16.5. The molecule has 0 aliphatic carbocycles. The van der Waals surface area contributed by atoms with Crippen LogP contribution < -0.4 is 0 Å². The molecule has 0 aliphatic heterocycles. The molecule has 1 aromatic carbocycles. The molecule has 2 heterocycles. The molecule has 0 radical (unpaired) electrons. The van der Waals surface area contributed by atoms with E-state index in [2.05, 4.69) is 41.8 Å². The van der Waals surface area contributed by atoms with E-state index in [1.165, 1.54) is 0 Å². The molecule has 3 aromatic rings. The van der Waals surface area contributed by atoms with Gasteiger partial charge in [-0.1, -0.05) is 15.9 Å². The fourth-order valence-corrected chi connectivity index (χ4v) is 3.47. The number of hydrogen-bond acceptors (Lipinski definition) is 3. The van der Waals surface area contributed by atoms with Crippen molar-refractivity contribution in [1.29, 1.82) is 0 Å². The van der Waals surface area contributed by atoms with Crippen LogP contribution in [0.2, 0.25) is 0 Å². The molecule has 0 unspecified atom stereocenters. The van der Waals surface area contributed by atoms with Crippen molar-refractivity contribution < 1.29 is 9.53 Å². The van der Waals surface area contributed by atoms with Crippen LogP contribution in [0.1, 0.15) is 17.4 Å². The molecule has 4 nitrogen and oxygen atoms in total. The summed E-state index contributed by atoms with van der Waals surface area (Å²) in [6.45, 7) is 2.11. The lowest BCUT2D eigenvalue weighted by Gasteiger charge is -2.00. The highest BCUT2D eigenvalue weighted by Crippen LogP contribution is 2.33. The Bertz CT molecular complexity index is 830. The first-order chi connectivity index (χ1) is 9.60. The molecule has 3 rings (SSSR count). The molecule has 0 amide bonds. The van der Waals surface area contributed by atoms with Gasteiger partial charge in [0, 0.05) is 19.7 Å². The minimum absolute atomic E-state index is 0. The van der Waals surface area contributed by atoms with Crippen LogP contribution in [0.3, 0.4) is 0 Å². The maximum atomic E-state index is 11.8. The summed E-state index contributed by atoms with van der Waals surface area (Å²) in [5, 5.41) is 1.97. The topological polar surface area (TPSA) is 55.0 Å². The Balaban J connectivity index is 0.00000161. The summed E-state index contributed by atoms with van der Waals surface area (Å²) >= 11 is 7.00. The lowest BCUT2D eigenvalue weighted by Crippen LogP contribution is -2.06. The van der Waals surface area contributed by atoms with Crippen LogP contribution >= 0.6 is 48.8 Å². The molecule has 0 saturated carbocycles. The van der Waals surface area contributed by atoms with Crippen molar-refractivity contribution in [2.45, 2.75) is 6.92 Å². The molecule has 7 heteroatoms. The Morgan fingerprint density at radius 3 is 2.76 bits per heavy atom. The number of esters is 1. The number of nitrogens with one attached hydrogen (secondary N) is 1. The van der Waals surface area contributed by atoms with Gasteiger partial charge in [-0.15, -0.1) is 17.0 Å². The molecule has 0 fully saturated rings. The molecule has 1 N–H and O–H groups in total. The predicted molar refractivity (Wildman–Crippen MR) is 95.3 cm³/mol. The van der Waals surface area contributed by atoms with E-state index in [0.29, 0.717) is 12.3 Å². The predicted octanol–water partition coefficient (Wildman–Crippen LogP) is 5.00. The number of carbonyl (C=O) groups excluding carboxylic acids is 1. The van der Waals surface area contributed by atoms with Gasteiger partial charge in [0.2, 0.25) is 0 Å². The van der Waals surface area contributed by atoms with Crippen LogP contribution in [0.5, 0.6) is 0 Å². The molecule has 110 valence electrons. The third kappa shape index (κ3) is 3.00. The Morgan fingerprint density at radius 2 is 2.05 bits per heavy atom. The third-order valence-corrected chi connectivity index (χ3v) is 4.08. The number of benzene rings is 1. The van der Waals surface area contributed by atoms with Crippen LogP contribution in [0, 0.1) is 0 Å². The van der Waals surface area contributed by atoms with Crippen LogP contribution in [0.4, 0.5) is 0 Å². The van der Waals surface area contributed by atoms with Gasteiger partial charge < -0.3 is 9.72 Å². The molecular weight excluding hydrogens is 468 g/mol. The number of aromatic nitrogens is 2. The molecule has 0 saturated heterocycles. The summed E-state index contributed by atoms with van der Waals surface area (Å²) in [5.74, 6) is -0.405. The Hall–Kier alpha value is -0.920. The number of aromatic amines is 1. The van der Waals surface area contributed by atoms with Crippen molar-refractivity contribution in [3.8, 4) is 0 Å². The average molecular weight is 479 g/mol. The summed E-state index contributed by atoms with van der Waals surface area (Å²) in [6, 6.07) is 5.73. The highest BCUT2D eigenvalue weighted by atomic mass is 79.9. The van der Waals surface area contributed by atoms with E-state index in [0.717, 1.165) is 30.8 Å². The monoisotopic (exact) mass is 476 g/mol. The number of nitrogens with zero attached hydrogens (tertiary/aromatic N) is 1. The number of ether oxygens (including phenoxy) is 1. The Morgan fingerprint density at radius 1 is 1.29 bits per heavy atom. The molecule has 21 heavy (non-hydrogen) atoms. The SMILES string of the molecule is Br.CCOC(=O)c1cc2c(cn1)[nH]c1c(Br)cc(Br)cc12. The molecule has 0 spiro atoms. The van der Waals surface area contributed by atoms with Crippen molar-refractivity contribution in [2.24, 2.45) is 0 Å². The van der Waals surface area contributed by atoms with Gasteiger partial charge in [0.05, 0.1) is 23.8 Å². The van der Waals surface area contributed by atoms with Crippen molar-refractivity contribution in [3.63, 3.8) is 0 Å². The Labute approximate surface area is 148 Å². The summed E-state index contributed by atoms with van der Waals surface area (Å²) < 4.78 is 6.90. The van der Waals surface area contributed by atoms with E-state index in [9.17, 15) is 4.79 Å². The summed E-state index contributed by atoms with van der Waals surface area (Å²) in [5.41, 5.74) is 2.18. The highest BCUT2D eigenvalue weighted by molar-refractivity contribution is 9.11. The van der Waals surface area contributed by atoms with Crippen LogP contribution in [0.15, 0.2) is 33.3 Å². The Kier molecular flexibility index (Phi) is 5.06. The van der Waals surface area contributed by atoms with Crippen LogP contribution in [-0.2, 0) is 4.74 Å². The second-order valence-corrected chi connectivity index (χ2v) is 6.04. The van der Waals surface area contributed by atoms with Gasteiger partial charge in [-0.2, -0.15) is 0 Å². The number of carbonyl (C=O) groups is 1. The number of hydrogen-bond donors (Lipinski definition) is 1. The van der Waals surface area contributed by atoms with Gasteiger partial charge in [-0.05, 0) is 41.1 Å². The number of rotatable bonds is 2. The van der Waals surface area contributed by atoms with E-state index in [1.807, 2.05) is 12.1 Å². The minimum Gasteiger partial charge on any atom is -0.461 e. The van der Waals surface area contributed by atoms with Gasteiger partial charge in [-0.3, -0.25) is 0 Å². The molecule has 0 aliphatic rings. The second-order valence-electron chi connectivity index (χ2n) is 4.27. The van der Waals surface area contributed by atoms with Gasteiger partial charge in [0.15, 0.2) is 0 Å². The van der Waals surface area contributed by atoms with Crippen molar-refractivity contribution >= 4 is 76.6 Å². The largest absolute Gasteiger partial charge is 0.461 e. The number of H-pyrrole nitrogens is 1. The molecule has 0 atom stereocenters. The van der Waals surface area contributed by atoms with E-state index in [-0.39, 0.29) is 17.0 Å². The first-order valence-corrected chi connectivity index (χ1v) is 7.62. The lowest BCUT2D eigenvalue weighted by atomic mass is 10.1. The summed E-state index contributed by atoms with van der Waals surface area (Å²) in [7, 11) is 0. The summed E-state index contributed by atoms with van der Waals surface area (Å²) in [6.07, 6.45) is 1.65. The first-order valence-electron chi connectivity index (χ1n) is 6.03. The van der Waals surface area contributed by atoms with E-state index >= 15 is 0 Å². The fourth-order valence-electron chi connectivity index (χ4n) is 2.14. The molecule has 2 aromatic heterocycles. The van der Waals surface area contributed by atoms with Crippen molar-refractivity contribution in [1.82, 2.24) is 9.97 Å². The zero-order chi connectivity index (χ0) is 14.3. The van der Waals surface area contributed by atoms with Crippen LogP contribution in [0.25, 0.3) is 21.8 Å². The maximum absolute atomic E-state index is 11.8.